The maximum absolute atomic E-state index is 6.46. The fraction of sp³-hybridized carbons (Fsp3) is 0.522. The molecule has 0 radical (unpaired) electrons. The third-order valence-electron chi connectivity index (χ3n) is 5.71. The number of nitrogens with zero attached hydrogens (tertiary/aromatic N) is 2. The molecule has 1 aromatic carbocycles. The van der Waals surface area contributed by atoms with E-state index in [1.807, 2.05) is 31.2 Å². The van der Waals surface area contributed by atoms with E-state index in [9.17, 15) is 0 Å². The molecule has 0 atom stereocenters. The molecule has 3 rings (SSSR count). The maximum atomic E-state index is 6.46. The fourth-order valence-corrected chi connectivity index (χ4v) is 4.47. The molecule has 0 aliphatic carbocycles. The molecule has 1 aromatic heterocycles. The molecule has 1 aliphatic rings. The standard InChI is InChI=1S/C23H30Cl2N2O/c1-17-20(8-5-11-26-17)16-28-23-21(24)14-19(15-22(23)25)7-4-3-6-18-9-12-27(2)13-10-18/h5,8,11,14-15,18H,3-4,6-7,9-10,12-13,16H2,1-2H3. The van der Waals surface area contributed by atoms with E-state index in [-0.39, 0.29) is 0 Å². The van der Waals surface area contributed by atoms with Crippen LogP contribution in [-0.4, -0.2) is 30.0 Å². The van der Waals surface area contributed by atoms with Crippen molar-refractivity contribution in [1.82, 2.24) is 9.88 Å². The van der Waals surface area contributed by atoms with Gasteiger partial charge in [0.15, 0.2) is 5.75 Å². The first-order valence-corrected chi connectivity index (χ1v) is 11.0. The summed E-state index contributed by atoms with van der Waals surface area (Å²) >= 11 is 12.9. The molecule has 5 heteroatoms. The SMILES string of the molecule is Cc1ncccc1COc1c(Cl)cc(CCCCC2CCN(C)CC2)cc1Cl. The van der Waals surface area contributed by atoms with Crippen LogP contribution >= 0.6 is 23.2 Å². The lowest BCUT2D eigenvalue weighted by atomic mass is 9.91. The zero-order valence-corrected chi connectivity index (χ0v) is 18.4. The number of unbranched alkanes of at least 4 members (excludes halogenated alkanes) is 1. The second kappa shape index (κ2) is 10.5. The van der Waals surface area contributed by atoms with Crippen molar-refractivity contribution < 1.29 is 4.74 Å². The quantitative estimate of drug-likeness (QED) is 0.466. The lowest BCUT2D eigenvalue weighted by Gasteiger charge is -2.28. The minimum absolute atomic E-state index is 0.412. The van der Waals surface area contributed by atoms with E-state index in [4.69, 9.17) is 27.9 Å². The molecular weight excluding hydrogens is 391 g/mol. The van der Waals surface area contributed by atoms with Crippen molar-refractivity contribution in [2.75, 3.05) is 20.1 Å². The van der Waals surface area contributed by atoms with Crippen molar-refractivity contribution in [3.05, 3.63) is 57.3 Å². The fourth-order valence-electron chi connectivity index (χ4n) is 3.83. The minimum atomic E-state index is 0.412. The van der Waals surface area contributed by atoms with E-state index >= 15 is 0 Å². The zero-order chi connectivity index (χ0) is 19.9. The van der Waals surface area contributed by atoms with Gasteiger partial charge in [0.1, 0.15) is 6.61 Å². The number of pyridine rings is 1. The molecule has 0 spiro atoms. The number of likely N-dealkylation sites (tertiary alicyclic amines) is 1. The van der Waals surface area contributed by atoms with Crippen LogP contribution in [0.5, 0.6) is 5.75 Å². The summed E-state index contributed by atoms with van der Waals surface area (Å²) in [6.07, 6.45) is 9.25. The van der Waals surface area contributed by atoms with Gasteiger partial charge in [0, 0.05) is 17.5 Å². The average molecular weight is 421 g/mol. The van der Waals surface area contributed by atoms with Gasteiger partial charge in [-0.05, 0) is 82.4 Å². The minimum Gasteiger partial charge on any atom is -0.486 e. The number of halogens is 2. The normalized spacial score (nSPS) is 15.7. The second-order valence-electron chi connectivity index (χ2n) is 7.92. The smallest absolute Gasteiger partial charge is 0.156 e. The molecular formula is C23H30Cl2N2O. The van der Waals surface area contributed by atoms with Crippen molar-refractivity contribution >= 4 is 23.2 Å². The Hall–Kier alpha value is -1.29. The monoisotopic (exact) mass is 420 g/mol. The first-order chi connectivity index (χ1) is 13.5. The van der Waals surface area contributed by atoms with Gasteiger partial charge < -0.3 is 9.64 Å². The maximum Gasteiger partial charge on any atom is 0.156 e. The number of rotatable bonds is 8. The zero-order valence-electron chi connectivity index (χ0n) is 16.9. The molecule has 1 saturated heterocycles. The summed E-state index contributed by atoms with van der Waals surface area (Å²) in [5.74, 6) is 1.46. The number of piperidine rings is 1. The van der Waals surface area contributed by atoms with Gasteiger partial charge in [-0.3, -0.25) is 4.98 Å². The van der Waals surface area contributed by atoms with Crippen LogP contribution in [0.3, 0.4) is 0 Å². The largest absolute Gasteiger partial charge is 0.486 e. The molecule has 152 valence electrons. The van der Waals surface area contributed by atoms with E-state index < -0.39 is 0 Å². The van der Waals surface area contributed by atoms with E-state index in [0.717, 1.165) is 23.6 Å². The van der Waals surface area contributed by atoms with Gasteiger partial charge in [-0.15, -0.1) is 0 Å². The molecule has 3 nitrogen and oxygen atoms in total. The summed E-state index contributed by atoms with van der Waals surface area (Å²) in [5.41, 5.74) is 3.17. The average Bonchev–Trinajstić information content (AvgIpc) is 2.67. The van der Waals surface area contributed by atoms with E-state index in [2.05, 4.69) is 16.9 Å². The van der Waals surface area contributed by atoms with Crippen LogP contribution in [0.25, 0.3) is 0 Å². The van der Waals surface area contributed by atoms with Crippen LogP contribution in [0.15, 0.2) is 30.5 Å². The van der Waals surface area contributed by atoms with Gasteiger partial charge in [-0.2, -0.15) is 0 Å². The summed E-state index contributed by atoms with van der Waals surface area (Å²) in [4.78, 5) is 6.71. The van der Waals surface area contributed by atoms with Crippen molar-refractivity contribution in [1.29, 1.82) is 0 Å². The summed E-state index contributed by atoms with van der Waals surface area (Å²) < 4.78 is 5.90. The van der Waals surface area contributed by atoms with Crippen LogP contribution in [0.1, 0.15) is 48.9 Å². The highest BCUT2D eigenvalue weighted by Crippen LogP contribution is 2.35. The van der Waals surface area contributed by atoms with Crippen molar-refractivity contribution in [3.63, 3.8) is 0 Å². The number of aryl methyl sites for hydroxylation is 2. The lowest BCUT2D eigenvalue weighted by molar-refractivity contribution is 0.210. The molecule has 28 heavy (non-hydrogen) atoms. The third-order valence-corrected chi connectivity index (χ3v) is 6.27. The highest BCUT2D eigenvalue weighted by molar-refractivity contribution is 6.37. The summed E-state index contributed by atoms with van der Waals surface area (Å²) in [7, 11) is 2.22. The van der Waals surface area contributed by atoms with Gasteiger partial charge in [-0.25, -0.2) is 0 Å². The lowest BCUT2D eigenvalue weighted by Crippen LogP contribution is -2.30. The third kappa shape index (κ3) is 6.10. The summed E-state index contributed by atoms with van der Waals surface area (Å²) in [6, 6.07) is 7.90. The molecule has 0 amide bonds. The van der Waals surface area contributed by atoms with Gasteiger partial charge in [0.05, 0.1) is 10.0 Å². The van der Waals surface area contributed by atoms with Crippen molar-refractivity contribution in [3.8, 4) is 5.75 Å². The number of hydrogen-bond donors (Lipinski definition) is 0. The Morgan fingerprint density at radius 2 is 1.86 bits per heavy atom. The van der Waals surface area contributed by atoms with E-state index in [1.54, 1.807) is 6.20 Å². The topological polar surface area (TPSA) is 25.4 Å². The van der Waals surface area contributed by atoms with Crippen LogP contribution in [-0.2, 0) is 13.0 Å². The Morgan fingerprint density at radius 3 is 2.54 bits per heavy atom. The number of ether oxygens (including phenoxy) is 1. The Labute approximate surface area is 179 Å². The van der Waals surface area contributed by atoms with Gasteiger partial charge >= 0.3 is 0 Å². The predicted octanol–water partition coefficient (Wildman–Crippen LogP) is 6.33. The Balaban J connectivity index is 1.48. The first kappa shape index (κ1) is 21.4. The van der Waals surface area contributed by atoms with Crippen LogP contribution in [0.4, 0.5) is 0 Å². The molecule has 0 bridgehead atoms. The van der Waals surface area contributed by atoms with Gasteiger partial charge in [-0.1, -0.05) is 42.1 Å². The predicted molar refractivity (Wildman–Crippen MR) is 118 cm³/mol. The van der Waals surface area contributed by atoms with Gasteiger partial charge in [0.2, 0.25) is 0 Å². The Bertz CT molecular complexity index is 750. The van der Waals surface area contributed by atoms with E-state index in [0.29, 0.717) is 22.4 Å². The number of benzene rings is 1. The van der Waals surface area contributed by atoms with E-state index in [1.165, 1.54) is 50.8 Å². The summed E-state index contributed by atoms with van der Waals surface area (Å²) in [5, 5.41) is 1.17. The molecule has 0 N–H and O–H groups in total. The van der Waals surface area contributed by atoms with Crippen molar-refractivity contribution in [2.45, 2.75) is 52.1 Å². The van der Waals surface area contributed by atoms with Gasteiger partial charge in [0.25, 0.3) is 0 Å². The van der Waals surface area contributed by atoms with Crippen LogP contribution in [0, 0.1) is 12.8 Å². The Kier molecular flexibility index (Phi) is 8.01. The molecule has 1 fully saturated rings. The highest BCUT2D eigenvalue weighted by Gasteiger charge is 2.16. The molecule has 2 aromatic rings. The molecule has 1 aliphatic heterocycles. The highest BCUT2D eigenvalue weighted by atomic mass is 35.5. The molecule has 0 unspecified atom stereocenters. The second-order valence-corrected chi connectivity index (χ2v) is 8.73. The van der Waals surface area contributed by atoms with Crippen LogP contribution in [0.2, 0.25) is 10.0 Å². The number of hydrogen-bond acceptors (Lipinski definition) is 3. The number of aromatic nitrogens is 1. The van der Waals surface area contributed by atoms with Crippen molar-refractivity contribution in [2.24, 2.45) is 5.92 Å². The molecule has 0 saturated carbocycles. The molecule has 2 heterocycles. The summed E-state index contributed by atoms with van der Waals surface area (Å²) in [6.45, 7) is 4.87. The first-order valence-electron chi connectivity index (χ1n) is 10.2. The Morgan fingerprint density at radius 1 is 1.14 bits per heavy atom. The van der Waals surface area contributed by atoms with Crippen LogP contribution < -0.4 is 4.74 Å².